The highest BCUT2D eigenvalue weighted by Gasteiger charge is 2.43. The number of rotatable bonds is 4. The number of phenolic OH excluding ortho intramolecular Hbond substituents is 1. The van der Waals surface area contributed by atoms with Crippen LogP contribution in [0.4, 0.5) is 5.69 Å². The summed E-state index contributed by atoms with van der Waals surface area (Å²) in [6.07, 6.45) is 3.63. The van der Waals surface area contributed by atoms with Crippen molar-refractivity contribution < 1.29 is 5.11 Å². The Kier molecular flexibility index (Phi) is 5.34. The Bertz CT molecular complexity index is 1330. The lowest BCUT2D eigenvalue weighted by Crippen LogP contribution is -2.29. The minimum atomic E-state index is -0.203. The third-order valence-corrected chi connectivity index (χ3v) is 6.47. The van der Waals surface area contributed by atoms with E-state index >= 15 is 0 Å². The van der Waals surface area contributed by atoms with E-state index in [4.69, 9.17) is 12.2 Å². The number of aromatic nitrogens is 3. The van der Waals surface area contributed by atoms with E-state index in [1.165, 1.54) is 0 Å². The molecule has 0 saturated carbocycles. The maximum absolute atomic E-state index is 10.7. The van der Waals surface area contributed by atoms with Gasteiger partial charge in [-0.25, -0.2) is 4.98 Å². The lowest BCUT2D eigenvalue weighted by Gasteiger charge is -2.28. The molecule has 5 rings (SSSR count). The second-order valence-corrected chi connectivity index (χ2v) is 8.73. The molecule has 0 radical (unpaired) electrons. The molecule has 2 N–H and O–H groups in total. The Morgan fingerprint density at radius 3 is 2.45 bits per heavy atom. The van der Waals surface area contributed by atoms with E-state index in [0.717, 1.165) is 34.0 Å². The number of aromatic hydroxyl groups is 1. The first-order valence-corrected chi connectivity index (χ1v) is 11.3. The van der Waals surface area contributed by atoms with Crippen LogP contribution >= 0.6 is 12.2 Å². The maximum atomic E-state index is 10.7. The van der Waals surface area contributed by atoms with Gasteiger partial charge in [-0.15, -0.1) is 0 Å². The molecule has 2 atom stereocenters. The molecule has 1 aromatic carbocycles. The van der Waals surface area contributed by atoms with Crippen molar-refractivity contribution >= 4 is 23.0 Å². The topological polar surface area (TPSA) is 66.2 Å². The van der Waals surface area contributed by atoms with E-state index in [-0.39, 0.29) is 17.8 Å². The van der Waals surface area contributed by atoms with Crippen LogP contribution in [0, 0.1) is 20.8 Å². The van der Waals surface area contributed by atoms with Gasteiger partial charge in [-0.1, -0.05) is 18.2 Å². The van der Waals surface area contributed by atoms with Crippen LogP contribution in [0.2, 0.25) is 0 Å². The van der Waals surface area contributed by atoms with Crippen LogP contribution in [-0.4, -0.2) is 24.8 Å². The quantitative estimate of drug-likeness (QED) is 0.419. The summed E-state index contributed by atoms with van der Waals surface area (Å²) in [6.45, 7) is 6.25. The Hall–Kier alpha value is -3.71. The van der Waals surface area contributed by atoms with Gasteiger partial charge in [0.2, 0.25) is 0 Å². The van der Waals surface area contributed by atoms with Crippen molar-refractivity contribution in [2.75, 3.05) is 4.90 Å². The average molecular weight is 456 g/mol. The zero-order valence-electron chi connectivity index (χ0n) is 18.7. The third-order valence-electron chi connectivity index (χ3n) is 6.16. The van der Waals surface area contributed by atoms with Gasteiger partial charge in [0.05, 0.1) is 23.5 Å². The molecule has 3 aromatic heterocycles. The number of hydrogen-bond donors (Lipinski definition) is 2. The first-order valence-electron chi connectivity index (χ1n) is 10.9. The molecule has 1 saturated heterocycles. The normalized spacial score (nSPS) is 17.9. The largest absolute Gasteiger partial charge is 0.506 e. The molecular weight excluding hydrogens is 430 g/mol. The van der Waals surface area contributed by atoms with E-state index < -0.39 is 0 Å². The van der Waals surface area contributed by atoms with E-state index in [1.54, 1.807) is 12.3 Å². The summed E-state index contributed by atoms with van der Waals surface area (Å²) in [5.41, 5.74) is 5.96. The predicted octanol–water partition coefficient (Wildman–Crippen LogP) is 5.08. The molecule has 6 nitrogen and oxygen atoms in total. The number of benzene rings is 1. The lowest BCUT2D eigenvalue weighted by atomic mass is 9.96. The molecule has 0 spiro atoms. The fourth-order valence-electron chi connectivity index (χ4n) is 4.68. The zero-order chi connectivity index (χ0) is 23.1. The van der Waals surface area contributed by atoms with Gasteiger partial charge in [0.15, 0.2) is 5.11 Å². The molecule has 7 heteroatoms. The minimum Gasteiger partial charge on any atom is -0.506 e. The molecule has 0 unspecified atom stereocenters. The smallest absolute Gasteiger partial charge is 0.174 e. The van der Waals surface area contributed by atoms with Crippen LogP contribution in [0.15, 0.2) is 73.1 Å². The first-order chi connectivity index (χ1) is 16.0. The fourth-order valence-corrected chi connectivity index (χ4v) is 5.02. The number of aryl methyl sites for hydroxylation is 2. The van der Waals surface area contributed by atoms with Crippen molar-refractivity contribution in [1.82, 2.24) is 19.9 Å². The van der Waals surface area contributed by atoms with Crippen molar-refractivity contribution in [1.29, 1.82) is 0 Å². The number of thiocarbonyl (C=S) groups is 1. The number of nitrogens with zero attached hydrogens (tertiary/aromatic N) is 4. The van der Waals surface area contributed by atoms with Crippen molar-refractivity contribution in [3.63, 3.8) is 0 Å². The Labute approximate surface area is 198 Å². The van der Waals surface area contributed by atoms with Crippen molar-refractivity contribution in [3.8, 4) is 11.6 Å². The molecule has 1 fully saturated rings. The Morgan fingerprint density at radius 1 is 0.939 bits per heavy atom. The summed E-state index contributed by atoms with van der Waals surface area (Å²) in [5, 5.41) is 14.7. The van der Waals surface area contributed by atoms with Gasteiger partial charge in [0, 0.05) is 23.8 Å². The summed E-state index contributed by atoms with van der Waals surface area (Å²) >= 11 is 5.79. The molecule has 4 heterocycles. The summed E-state index contributed by atoms with van der Waals surface area (Å²) in [4.78, 5) is 11.2. The fraction of sp³-hybridized carbons (Fsp3) is 0.192. The SMILES string of the molecule is Cc1ccnc(-n2c(C)cc([C@H]3[C@H](c4ccccn4)NC(=S)N3c3ccccc3O)c2C)c1. The highest BCUT2D eigenvalue weighted by atomic mass is 32.1. The van der Waals surface area contributed by atoms with Crippen LogP contribution in [-0.2, 0) is 0 Å². The van der Waals surface area contributed by atoms with Crippen LogP contribution in [0.3, 0.4) is 0 Å². The van der Waals surface area contributed by atoms with E-state index in [9.17, 15) is 5.11 Å². The van der Waals surface area contributed by atoms with Gasteiger partial charge >= 0.3 is 0 Å². The van der Waals surface area contributed by atoms with Crippen molar-refractivity contribution in [2.24, 2.45) is 0 Å². The monoisotopic (exact) mass is 455 g/mol. The van der Waals surface area contributed by atoms with Crippen molar-refractivity contribution in [3.05, 3.63) is 101 Å². The van der Waals surface area contributed by atoms with Crippen LogP contribution in [0.5, 0.6) is 5.75 Å². The zero-order valence-corrected chi connectivity index (χ0v) is 19.5. The average Bonchev–Trinajstić information content (AvgIpc) is 3.30. The lowest BCUT2D eigenvalue weighted by molar-refractivity contribution is 0.472. The highest BCUT2D eigenvalue weighted by Crippen LogP contribution is 2.45. The van der Waals surface area contributed by atoms with Gasteiger partial charge in [-0.2, -0.15) is 0 Å². The predicted molar refractivity (Wildman–Crippen MR) is 134 cm³/mol. The number of phenols is 1. The second kappa shape index (κ2) is 8.33. The molecule has 4 aromatic rings. The van der Waals surface area contributed by atoms with Crippen molar-refractivity contribution in [2.45, 2.75) is 32.9 Å². The second-order valence-electron chi connectivity index (χ2n) is 8.34. The summed E-state index contributed by atoms with van der Waals surface area (Å²) in [7, 11) is 0. The van der Waals surface area contributed by atoms with E-state index in [2.05, 4.69) is 52.8 Å². The number of hydrogen-bond acceptors (Lipinski definition) is 4. The number of nitrogens with one attached hydrogen (secondary N) is 1. The Morgan fingerprint density at radius 2 is 1.73 bits per heavy atom. The van der Waals surface area contributed by atoms with Crippen LogP contribution in [0.1, 0.15) is 40.3 Å². The summed E-state index contributed by atoms with van der Waals surface area (Å²) in [5.74, 6) is 1.07. The number of anilines is 1. The third kappa shape index (κ3) is 3.64. The van der Waals surface area contributed by atoms with E-state index in [1.807, 2.05) is 53.6 Å². The van der Waals surface area contributed by atoms with Gasteiger partial charge in [-0.05, 0) is 86.6 Å². The maximum Gasteiger partial charge on any atom is 0.174 e. The molecule has 166 valence electrons. The molecule has 1 aliphatic rings. The van der Waals surface area contributed by atoms with Gasteiger partial charge in [-0.3, -0.25) is 4.98 Å². The van der Waals surface area contributed by atoms with Crippen LogP contribution in [0.25, 0.3) is 5.82 Å². The van der Waals surface area contributed by atoms with Crippen LogP contribution < -0.4 is 10.2 Å². The minimum absolute atomic E-state index is 0.183. The first kappa shape index (κ1) is 21.2. The van der Waals surface area contributed by atoms with E-state index in [0.29, 0.717) is 10.8 Å². The molecule has 0 amide bonds. The van der Waals surface area contributed by atoms with Gasteiger partial charge in [0.25, 0.3) is 0 Å². The molecule has 0 aliphatic carbocycles. The number of para-hydroxylation sites is 2. The summed E-state index contributed by atoms with van der Waals surface area (Å²) in [6, 6.07) is 19.0. The molecule has 0 bridgehead atoms. The van der Waals surface area contributed by atoms with Gasteiger partial charge < -0.3 is 19.9 Å². The summed E-state index contributed by atoms with van der Waals surface area (Å²) < 4.78 is 2.17. The van der Waals surface area contributed by atoms with Gasteiger partial charge in [0.1, 0.15) is 11.6 Å². The highest BCUT2D eigenvalue weighted by molar-refractivity contribution is 7.80. The molecule has 33 heavy (non-hydrogen) atoms. The molecule has 1 aliphatic heterocycles. The Balaban J connectivity index is 1.70. The number of pyridine rings is 2. The molecular formula is C26H25N5OS. The standard InChI is InChI=1S/C26H25N5OS/c1-16-11-13-28-23(14-16)30-17(2)15-19(18(30)3)25-24(20-8-6-7-12-27-20)29-26(33)31(25)21-9-4-5-10-22(21)32/h4-15,24-25,32H,1-3H3,(H,29,33)/t24-,25-/m0/s1.